The van der Waals surface area contributed by atoms with Gasteiger partial charge in [0, 0.05) is 18.1 Å². The lowest BCUT2D eigenvalue weighted by Crippen LogP contribution is -3.07. The molecule has 1 aromatic carbocycles. The van der Waals surface area contributed by atoms with Crippen molar-refractivity contribution in [1.29, 1.82) is 0 Å². The van der Waals surface area contributed by atoms with Crippen LogP contribution in [0.4, 0.5) is 0 Å². The van der Waals surface area contributed by atoms with Crippen LogP contribution in [-0.4, -0.2) is 49.2 Å². The summed E-state index contributed by atoms with van der Waals surface area (Å²) in [6.07, 6.45) is 8.76. The maximum absolute atomic E-state index is 12.5. The monoisotopic (exact) mass is 457 g/mol. The van der Waals surface area contributed by atoms with Crippen molar-refractivity contribution in [1.82, 2.24) is 5.32 Å². The van der Waals surface area contributed by atoms with E-state index in [-0.39, 0.29) is 12.4 Å². The molecule has 0 radical (unpaired) electrons. The van der Waals surface area contributed by atoms with Crippen LogP contribution in [-0.2, 0) is 16.0 Å². The van der Waals surface area contributed by atoms with E-state index in [0.717, 1.165) is 36.3 Å². The zero-order chi connectivity index (χ0) is 23.6. The van der Waals surface area contributed by atoms with Gasteiger partial charge in [-0.05, 0) is 44.9 Å². The van der Waals surface area contributed by atoms with Crippen LogP contribution in [0.5, 0.6) is 17.2 Å². The van der Waals surface area contributed by atoms with Gasteiger partial charge in [-0.2, -0.15) is 0 Å². The molecular formula is C25H33N2O6+. The predicted molar refractivity (Wildman–Crippen MR) is 123 cm³/mol. The maximum Gasteiger partial charge on any atom is 0.374 e. The van der Waals surface area contributed by atoms with Gasteiger partial charge in [0.15, 0.2) is 6.67 Å². The van der Waals surface area contributed by atoms with Crippen molar-refractivity contribution in [3.8, 4) is 17.2 Å². The minimum Gasteiger partial charge on any atom is -0.492 e. The van der Waals surface area contributed by atoms with Gasteiger partial charge in [0.2, 0.25) is 5.76 Å². The van der Waals surface area contributed by atoms with Crippen molar-refractivity contribution in [3.05, 3.63) is 47.5 Å². The van der Waals surface area contributed by atoms with E-state index in [2.05, 4.69) is 17.6 Å². The molecular weight excluding hydrogens is 424 g/mol. The molecule has 0 saturated carbocycles. The standard InChI is InChI=1S/C25H32N2O6/c1-5-11-31-23-17-13-21(25(3,4)29)33-18(17)14-19-22(23)16(7-9-27-10-8-26-15-27)12-20(32-19)24(28)30-6-2/h7-8,10,12,14,21,26,29H,5-6,9,11,13,15H2,1-4H3/p+1/b16-7+/t21-/m0/s1. The number of carbonyl (C=O) groups is 1. The van der Waals surface area contributed by atoms with Gasteiger partial charge in [0.25, 0.3) is 0 Å². The molecule has 0 aromatic heterocycles. The van der Waals surface area contributed by atoms with Crippen LogP contribution in [0.25, 0.3) is 5.57 Å². The first-order chi connectivity index (χ1) is 15.8. The Hall–Kier alpha value is -2.97. The molecule has 0 fully saturated rings. The largest absolute Gasteiger partial charge is 0.492 e. The Kier molecular flexibility index (Phi) is 6.67. The SMILES string of the molecule is CCCOc1c2c(cc3c1/C(=C/C[NH+]1C=CNC1)C=C(C(=O)OCC)O3)O[C@H](C(C)(C)O)C2. The smallest absolute Gasteiger partial charge is 0.374 e. The summed E-state index contributed by atoms with van der Waals surface area (Å²) >= 11 is 0. The zero-order valence-corrected chi connectivity index (χ0v) is 19.7. The first kappa shape index (κ1) is 23.2. The second-order valence-corrected chi connectivity index (χ2v) is 8.94. The summed E-state index contributed by atoms with van der Waals surface area (Å²) in [5, 5.41) is 13.7. The highest BCUT2D eigenvalue weighted by molar-refractivity contribution is 5.95. The second-order valence-electron chi connectivity index (χ2n) is 8.94. The van der Waals surface area contributed by atoms with Crippen molar-refractivity contribution in [3.63, 3.8) is 0 Å². The molecule has 0 spiro atoms. The molecule has 178 valence electrons. The Bertz CT molecular complexity index is 1010. The first-order valence-electron chi connectivity index (χ1n) is 11.5. The number of rotatable bonds is 8. The van der Waals surface area contributed by atoms with E-state index < -0.39 is 17.7 Å². The normalized spacial score (nSPS) is 22.1. The molecule has 0 saturated heterocycles. The number of quaternary nitrogens is 1. The second kappa shape index (κ2) is 9.49. The summed E-state index contributed by atoms with van der Waals surface area (Å²) in [7, 11) is 0. The summed E-state index contributed by atoms with van der Waals surface area (Å²) in [5.74, 6) is 1.38. The van der Waals surface area contributed by atoms with Crippen molar-refractivity contribution in [2.45, 2.75) is 52.2 Å². The molecule has 3 aliphatic heterocycles. The fraction of sp³-hybridized carbons (Fsp3) is 0.480. The number of hydrogen-bond donors (Lipinski definition) is 3. The lowest BCUT2D eigenvalue weighted by atomic mass is 9.92. The average molecular weight is 458 g/mol. The zero-order valence-electron chi connectivity index (χ0n) is 19.7. The number of fused-ring (bicyclic) bond motifs is 2. The van der Waals surface area contributed by atoms with E-state index in [0.29, 0.717) is 30.3 Å². The third-order valence-corrected chi connectivity index (χ3v) is 5.83. The van der Waals surface area contributed by atoms with Crippen LogP contribution in [0.3, 0.4) is 0 Å². The number of allylic oxidation sites excluding steroid dienone is 2. The molecule has 8 nitrogen and oxygen atoms in total. The molecule has 1 unspecified atom stereocenters. The van der Waals surface area contributed by atoms with Crippen LogP contribution < -0.4 is 24.4 Å². The highest BCUT2D eigenvalue weighted by Gasteiger charge is 2.39. The van der Waals surface area contributed by atoms with E-state index in [1.165, 1.54) is 4.90 Å². The molecule has 0 bridgehead atoms. The Balaban J connectivity index is 1.80. The highest BCUT2D eigenvalue weighted by atomic mass is 16.6. The van der Waals surface area contributed by atoms with Crippen LogP contribution in [0.15, 0.2) is 36.4 Å². The minimum atomic E-state index is -1.02. The summed E-state index contributed by atoms with van der Waals surface area (Å²) in [6.45, 7) is 9.58. The minimum absolute atomic E-state index is 0.124. The third-order valence-electron chi connectivity index (χ3n) is 5.83. The average Bonchev–Trinajstić information content (AvgIpc) is 3.44. The fourth-order valence-corrected chi connectivity index (χ4v) is 4.08. The van der Waals surface area contributed by atoms with Gasteiger partial charge in [-0.3, -0.25) is 4.90 Å². The van der Waals surface area contributed by atoms with Gasteiger partial charge < -0.3 is 29.4 Å². The number of hydrogen-bond acceptors (Lipinski definition) is 7. The van der Waals surface area contributed by atoms with Crippen molar-refractivity contribution in [2.75, 3.05) is 26.4 Å². The number of benzene rings is 1. The predicted octanol–water partition coefficient (Wildman–Crippen LogP) is 1.69. The molecule has 8 heteroatoms. The summed E-state index contributed by atoms with van der Waals surface area (Å²) in [5.41, 5.74) is 1.53. The number of esters is 1. The van der Waals surface area contributed by atoms with Gasteiger partial charge in [0.1, 0.15) is 36.1 Å². The topological polar surface area (TPSA) is 90.7 Å². The van der Waals surface area contributed by atoms with E-state index in [4.69, 9.17) is 18.9 Å². The Morgan fingerprint density at radius 2 is 2.18 bits per heavy atom. The number of nitrogens with one attached hydrogen (secondary N) is 2. The van der Waals surface area contributed by atoms with Crippen LogP contribution in [0.2, 0.25) is 0 Å². The van der Waals surface area contributed by atoms with Gasteiger partial charge >= 0.3 is 5.97 Å². The molecule has 0 amide bonds. The van der Waals surface area contributed by atoms with Crippen LogP contribution >= 0.6 is 0 Å². The molecule has 33 heavy (non-hydrogen) atoms. The lowest BCUT2D eigenvalue weighted by molar-refractivity contribution is -0.836. The Morgan fingerprint density at radius 3 is 2.85 bits per heavy atom. The molecule has 4 rings (SSSR count). The third kappa shape index (κ3) is 4.86. The number of ether oxygens (including phenoxy) is 4. The van der Waals surface area contributed by atoms with Crippen LogP contribution in [0, 0.1) is 0 Å². The Morgan fingerprint density at radius 1 is 1.36 bits per heavy atom. The van der Waals surface area contributed by atoms with Gasteiger partial charge in [-0.15, -0.1) is 0 Å². The van der Waals surface area contributed by atoms with Crippen molar-refractivity contribution >= 4 is 11.5 Å². The molecule has 3 heterocycles. The number of aliphatic hydroxyl groups is 1. The van der Waals surface area contributed by atoms with E-state index >= 15 is 0 Å². The van der Waals surface area contributed by atoms with Gasteiger partial charge in [0.05, 0.1) is 30.6 Å². The maximum atomic E-state index is 12.5. The fourth-order valence-electron chi connectivity index (χ4n) is 4.08. The van der Waals surface area contributed by atoms with Crippen molar-refractivity contribution in [2.24, 2.45) is 0 Å². The van der Waals surface area contributed by atoms with Gasteiger partial charge in [-0.25, -0.2) is 4.79 Å². The van der Waals surface area contributed by atoms with E-state index in [1.807, 2.05) is 13.1 Å². The van der Waals surface area contributed by atoms with Crippen LogP contribution in [0.1, 0.15) is 45.2 Å². The van der Waals surface area contributed by atoms with E-state index in [9.17, 15) is 9.90 Å². The quantitative estimate of drug-likeness (QED) is 0.512. The molecule has 2 atom stereocenters. The summed E-state index contributed by atoms with van der Waals surface area (Å²) in [6, 6.07) is 1.79. The number of carbonyl (C=O) groups excluding carboxylic acids is 1. The molecule has 3 N–H and O–H groups in total. The van der Waals surface area contributed by atoms with Gasteiger partial charge in [-0.1, -0.05) is 6.92 Å². The van der Waals surface area contributed by atoms with Crippen molar-refractivity contribution < 1.29 is 33.7 Å². The highest BCUT2D eigenvalue weighted by Crippen LogP contribution is 2.50. The first-order valence-corrected chi connectivity index (χ1v) is 11.5. The lowest BCUT2D eigenvalue weighted by Gasteiger charge is -2.24. The summed E-state index contributed by atoms with van der Waals surface area (Å²) < 4.78 is 23.5. The molecule has 0 aliphatic carbocycles. The molecule has 1 aromatic rings. The Labute approximate surface area is 194 Å². The van der Waals surface area contributed by atoms with E-state index in [1.54, 1.807) is 32.9 Å². The summed E-state index contributed by atoms with van der Waals surface area (Å²) in [4.78, 5) is 13.8. The molecule has 3 aliphatic rings.